The second kappa shape index (κ2) is 14.0. The third-order valence-electron chi connectivity index (χ3n) is 4.06. The van der Waals surface area contributed by atoms with Crippen LogP contribution in [-0.2, 0) is 30.5 Å². The van der Waals surface area contributed by atoms with E-state index in [-0.39, 0.29) is 25.9 Å². The van der Waals surface area contributed by atoms with Crippen LogP contribution in [0.2, 0.25) is 0 Å². The van der Waals surface area contributed by atoms with Gasteiger partial charge in [-0.15, -0.1) is 0 Å². The second-order valence-electron chi connectivity index (χ2n) is 6.37. The molecule has 0 fully saturated rings. The van der Waals surface area contributed by atoms with E-state index in [1.165, 1.54) is 7.11 Å². The van der Waals surface area contributed by atoms with Crippen LogP contribution >= 0.6 is 0 Å². The summed E-state index contributed by atoms with van der Waals surface area (Å²) in [7, 11) is 1.22. The Morgan fingerprint density at radius 1 is 1.03 bits per heavy atom. The van der Waals surface area contributed by atoms with Crippen LogP contribution in [0.25, 0.3) is 0 Å². The van der Waals surface area contributed by atoms with Gasteiger partial charge in [0.25, 0.3) is 0 Å². The molecule has 0 aliphatic carbocycles. The molecule has 1 rings (SSSR count). The fourth-order valence-electron chi connectivity index (χ4n) is 2.44. The first-order valence-electron chi connectivity index (χ1n) is 9.46. The Bertz CT molecular complexity index is 664. The lowest BCUT2D eigenvalue weighted by molar-refractivity contribution is -0.144. The normalized spacial score (nSPS) is 11.2. The number of esters is 1. The molecule has 0 spiro atoms. The number of hydrogen-bond donors (Lipinski definition) is 3. The molecule has 0 aromatic heterocycles. The average molecular weight is 408 g/mol. The van der Waals surface area contributed by atoms with E-state index in [4.69, 9.17) is 9.84 Å². The molecule has 0 saturated carbocycles. The van der Waals surface area contributed by atoms with E-state index < -0.39 is 30.0 Å². The van der Waals surface area contributed by atoms with Gasteiger partial charge in [-0.3, -0.25) is 9.59 Å². The summed E-state index contributed by atoms with van der Waals surface area (Å²) in [5.41, 5.74) is 0.903. The summed E-state index contributed by atoms with van der Waals surface area (Å²) in [6.45, 7) is 0.625. The number of carbonyl (C=O) groups excluding carboxylic acids is 3. The van der Waals surface area contributed by atoms with Gasteiger partial charge < -0.3 is 25.2 Å². The number of hydrogen-bond acceptors (Lipinski definition) is 6. The quantitative estimate of drug-likeness (QED) is 0.336. The number of amides is 2. The molecule has 9 nitrogen and oxygen atoms in total. The molecule has 0 aliphatic heterocycles. The third-order valence-corrected chi connectivity index (χ3v) is 4.06. The summed E-state index contributed by atoms with van der Waals surface area (Å²) in [6.07, 6.45) is 1.46. The van der Waals surface area contributed by atoms with Crippen molar-refractivity contribution in [2.24, 2.45) is 0 Å². The van der Waals surface area contributed by atoms with Crippen LogP contribution in [0.5, 0.6) is 0 Å². The van der Waals surface area contributed by atoms with Crippen LogP contribution < -0.4 is 10.6 Å². The predicted molar refractivity (Wildman–Crippen MR) is 104 cm³/mol. The lowest BCUT2D eigenvalue weighted by Gasteiger charge is -2.13. The van der Waals surface area contributed by atoms with E-state index in [0.717, 1.165) is 5.56 Å². The summed E-state index contributed by atoms with van der Waals surface area (Å²) in [5, 5.41) is 14.1. The maximum Gasteiger partial charge on any atom is 0.407 e. The van der Waals surface area contributed by atoms with Crippen molar-refractivity contribution in [3.8, 4) is 0 Å². The molecule has 3 N–H and O–H groups in total. The van der Waals surface area contributed by atoms with Crippen molar-refractivity contribution in [3.63, 3.8) is 0 Å². The van der Waals surface area contributed by atoms with Crippen LogP contribution in [0, 0.1) is 0 Å². The minimum atomic E-state index is -1.19. The first kappa shape index (κ1) is 23.9. The van der Waals surface area contributed by atoms with E-state index in [0.29, 0.717) is 25.8 Å². The minimum Gasteiger partial charge on any atom is -0.480 e. The van der Waals surface area contributed by atoms with Gasteiger partial charge >= 0.3 is 18.0 Å². The first-order chi connectivity index (χ1) is 13.9. The number of rotatable bonds is 13. The zero-order chi connectivity index (χ0) is 21.5. The van der Waals surface area contributed by atoms with Crippen LogP contribution in [-0.4, -0.2) is 48.7 Å². The Morgan fingerprint density at radius 3 is 2.41 bits per heavy atom. The Hall–Kier alpha value is -3.10. The molecule has 1 aromatic carbocycles. The Balaban J connectivity index is 2.10. The molecule has 1 aromatic rings. The number of unbranched alkanes of at least 4 members (excludes halogenated alkanes) is 2. The minimum absolute atomic E-state index is 0.0250. The monoisotopic (exact) mass is 408 g/mol. The highest BCUT2D eigenvalue weighted by atomic mass is 16.5. The van der Waals surface area contributed by atoms with Crippen molar-refractivity contribution in [2.75, 3.05) is 13.7 Å². The van der Waals surface area contributed by atoms with Gasteiger partial charge in [0.05, 0.1) is 7.11 Å². The molecular weight excluding hydrogens is 380 g/mol. The summed E-state index contributed by atoms with van der Waals surface area (Å²) in [6, 6.07) is 8.22. The van der Waals surface area contributed by atoms with Gasteiger partial charge in [-0.05, 0) is 24.8 Å². The summed E-state index contributed by atoms with van der Waals surface area (Å²) >= 11 is 0. The summed E-state index contributed by atoms with van der Waals surface area (Å²) in [5.74, 6) is -2.11. The third kappa shape index (κ3) is 11.4. The van der Waals surface area contributed by atoms with Crippen LogP contribution in [0.1, 0.15) is 44.1 Å². The molecule has 2 amide bonds. The van der Waals surface area contributed by atoms with E-state index in [1.807, 2.05) is 30.3 Å². The predicted octanol–water partition coefficient (Wildman–Crippen LogP) is 2.00. The number of alkyl carbamates (subject to hydrolysis) is 1. The van der Waals surface area contributed by atoms with Crippen molar-refractivity contribution in [1.29, 1.82) is 0 Å². The number of carboxylic acids is 1. The van der Waals surface area contributed by atoms with E-state index >= 15 is 0 Å². The molecule has 0 heterocycles. The van der Waals surface area contributed by atoms with Crippen molar-refractivity contribution < 1.29 is 33.8 Å². The first-order valence-corrected chi connectivity index (χ1v) is 9.46. The van der Waals surface area contributed by atoms with Gasteiger partial charge in [0, 0.05) is 19.4 Å². The zero-order valence-corrected chi connectivity index (χ0v) is 16.5. The van der Waals surface area contributed by atoms with Gasteiger partial charge in [0.1, 0.15) is 12.6 Å². The Morgan fingerprint density at radius 2 is 1.76 bits per heavy atom. The van der Waals surface area contributed by atoms with Gasteiger partial charge in [-0.1, -0.05) is 36.8 Å². The standard InChI is InChI=1S/C20H28N2O7/c1-28-18(24)12-11-16(19(25)26)22-17(23)10-6-3-7-13-21-20(27)29-14-15-8-4-2-5-9-15/h2,4-5,8-9,16H,3,6-7,10-14H2,1H3,(H,21,27)(H,22,23)(H,25,26)/t16-/m1/s1. The molecular formula is C20H28N2O7. The zero-order valence-electron chi connectivity index (χ0n) is 16.5. The molecule has 1 atom stereocenters. The highest BCUT2D eigenvalue weighted by Gasteiger charge is 2.20. The molecule has 0 aliphatic rings. The second-order valence-corrected chi connectivity index (χ2v) is 6.37. The number of carboxylic acid groups (broad SMARTS) is 1. The van der Waals surface area contributed by atoms with Crippen molar-refractivity contribution in [3.05, 3.63) is 35.9 Å². The fourth-order valence-corrected chi connectivity index (χ4v) is 2.44. The molecule has 0 unspecified atom stereocenters. The lowest BCUT2D eigenvalue weighted by Crippen LogP contribution is -2.41. The van der Waals surface area contributed by atoms with E-state index in [9.17, 15) is 19.2 Å². The van der Waals surface area contributed by atoms with Gasteiger partial charge in [0.15, 0.2) is 0 Å². The summed E-state index contributed by atoms with van der Waals surface area (Å²) in [4.78, 5) is 45.7. The topological polar surface area (TPSA) is 131 Å². The van der Waals surface area contributed by atoms with Crippen molar-refractivity contribution >= 4 is 23.9 Å². The van der Waals surface area contributed by atoms with E-state index in [1.54, 1.807) is 0 Å². The summed E-state index contributed by atoms with van der Waals surface area (Å²) < 4.78 is 9.54. The van der Waals surface area contributed by atoms with Gasteiger partial charge in [-0.25, -0.2) is 9.59 Å². The number of carbonyl (C=O) groups is 4. The number of ether oxygens (including phenoxy) is 2. The van der Waals surface area contributed by atoms with E-state index in [2.05, 4.69) is 15.4 Å². The molecule has 0 radical (unpaired) electrons. The lowest BCUT2D eigenvalue weighted by atomic mass is 10.1. The number of benzene rings is 1. The molecule has 160 valence electrons. The molecule has 0 bridgehead atoms. The number of nitrogens with one attached hydrogen (secondary N) is 2. The Kier molecular flexibility index (Phi) is 11.5. The maximum atomic E-state index is 11.9. The highest BCUT2D eigenvalue weighted by Crippen LogP contribution is 2.04. The van der Waals surface area contributed by atoms with Gasteiger partial charge in [-0.2, -0.15) is 0 Å². The maximum absolute atomic E-state index is 11.9. The smallest absolute Gasteiger partial charge is 0.407 e. The largest absolute Gasteiger partial charge is 0.480 e. The molecule has 0 saturated heterocycles. The number of aliphatic carboxylic acids is 1. The average Bonchev–Trinajstić information content (AvgIpc) is 2.72. The molecule has 9 heteroatoms. The molecule has 29 heavy (non-hydrogen) atoms. The Labute approximate surface area is 169 Å². The SMILES string of the molecule is COC(=O)CC[C@@H](NC(=O)CCCCCNC(=O)OCc1ccccc1)C(=O)O. The van der Waals surface area contributed by atoms with Gasteiger partial charge in [0.2, 0.25) is 5.91 Å². The number of methoxy groups -OCH3 is 1. The van der Waals surface area contributed by atoms with Crippen molar-refractivity contribution in [2.45, 2.75) is 51.2 Å². The highest BCUT2D eigenvalue weighted by molar-refractivity contribution is 5.84. The van der Waals surface area contributed by atoms with Crippen LogP contribution in [0.3, 0.4) is 0 Å². The fraction of sp³-hybridized carbons (Fsp3) is 0.500. The van der Waals surface area contributed by atoms with Crippen molar-refractivity contribution in [1.82, 2.24) is 10.6 Å². The van der Waals surface area contributed by atoms with Crippen LogP contribution in [0.4, 0.5) is 4.79 Å². The van der Waals surface area contributed by atoms with Crippen LogP contribution in [0.15, 0.2) is 30.3 Å².